The number of nitrogens with zero attached hydrogens (tertiary/aromatic N) is 2. The van der Waals surface area contributed by atoms with Crippen molar-refractivity contribution < 1.29 is 0 Å². The van der Waals surface area contributed by atoms with E-state index < -0.39 is 0 Å². The summed E-state index contributed by atoms with van der Waals surface area (Å²) in [6.07, 6.45) is 0. The summed E-state index contributed by atoms with van der Waals surface area (Å²) in [6.45, 7) is 9.03. The predicted molar refractivity (Wildman–Crippen MR) is 91.0 cm³/mol. The molecule has 0 fully saturated rings. The normalized spacial score (nSPS) is 11.2. The molecule has 0 saturated carbocycles. The van der Waals surface area contributed by atoms with Crippen molar-refractivity contribution in [2.24, 2.45) is 0 Å². The summed E-state index contributed by atoms with van der Waals surface area (Å²) >= 11 is 7.56. The van der Waals surface area contributed by atoms with Crippen LogP contribution in [0.15, 0.2) is 30.3 Å². The highest BCUT2D eigenvalue weighted by Gasteiger charge is 2.05. The van der Waals surface area contributed by atoms with Gasteiger partial charge < -0.3 is 5.32 Å². The van der Waals surface area contributed by atoms with E-state index in [1.165, 1.54) is 4.88 Å². The van der Waals surface area contributed by atoms with E-state index >= 15 is 0 Å². The Kier molecular flexibility index (Phi) is 6.64. The van der Waals surface area contributed by atoms with Crippen LogP contribution in [-0.2, 0) is 13.1 Å². The molecule has 2 rings (SSSR count). The van der Waals surface area contributed by atoms with Crippen LogP contribution in [0.3, 0.4) is 0 Å². The van der Waals surface area contributed by atoms with Crippen LogP contribution < -0.4 is 5.32 Å². The van der Waals surface area contributed by atoms with Crippen molar-refractivity contribution in [2.45, 2.75) is 26.9 Å². The van der Waals surface area contributed by atoms with Gasteiger partial charge in [-0.3, -0.25) is 9.88 Å². The Morgan fingerprint density at radius 2 is 2.14 bits per heavy atom. The number of likely N-dealkylation sites (N-methyl/N-ethyl adjacent to an activating group) is 1. The topological polar surface area (TPSA) is 28.2 Å². The molecule has 0 aromatic carbocycles. The average molecular weight is 324 g/mol. The molecular formula is C16H22ClN3S. The largest absolute Gasteiger partial charge is 0.311 e. The fourth-order valence-electron chi connectivity index (χ4n) is 2.16. The number of aryl methyl sites for hydroxylation is 1. The van der Waals surface area contributed by atoms with Gasteiger partial charge >= 0.3 is 0 Å². The zero-order valence-corrected chi connectivity index (χ0v) is 14.2. The zero-order chi connectivity index (χ0) is 15.1. The van der Waals surface area contributed by atoms with Gasteiger partial charge in [-0.2, -0.15) is 0 Å². The third-order valence-electron chi connectivity index (χ3n) is 3.31. The fourth-order valence-corrected chi connectivity index (χ4v) is 3.22. The first-order valence-corrected chi connectivity index (χ1v) is 8.46. The van der Waals surface area contributed by atoms with Gasteiger partial charge in [0.1, 0.15) is 0 Å². The SMILES string of the molecule is CCN(CCNCc1ccc(Cl)s1)Cc1cccc(C)n1. The van der Waals surface area contributed by atoms with Gasteiger partial charge in [0.2, 0.25) is 0 Å². The van der Waals surface area contributed by atoms with Crippen molar-refractivity contribution in [3.8, 4) is 0 Å². The highest BCUT2D eigenvalue weighted by molar-refractivity contribution is 7.16. The van der Waals surface area contributed by atoms with E-state index in [0.29, 0.717) is 0 Å². The predicted octanol–water partition coefficient (Wildman–Crippen LogP) is 3.72. The highest BCUT2D eigenvalue weighted by atomic mass is 35.5. The summed E-state index contributed by atoms with van der Waals surface area (Å²) in [5.41, 5.74) is 2.22. The van der Waals surface area contributed by atoms with Crippen LogP contribution in [0, 0.1) is 6.92 Å². The molecule has 0 amide bonds. The van der Waals surface area contributed by atoms with Crippen molar-refractivity contribution in [3.05, 3.63) is 50.9 Å². The van der Waals surface area contributed by atoms with Gasteiger partial charge in [0, 0.05) is 36.8 Å². The molecule has 5 heteroatoms. The van der Waals surface area contributed by atoms with Gasteiger partial charge in [-0.1, -0.05) is 24.6 Å². The molecule has 0 saturated heterocycles. The van der Waals surface area contributed by atoms with E-state index in [4.69, 9.17) is 11.6 Å². The number of rotatable bonds is 8. The lowest BCUT2D eigenvalue weighted by molar-refractivity contribution is 0.275. The molecule has 0 atom stereocenters. The van der Waals surface area contributed by atoms with Crippen LogP contribution in [0.5, 0.6) is 0 Å². The van der Waals surface area contributed by atoms with Crippen molar-refractivity contribution in [1.29, 1.82) is 0 Å². The molecule has 2 aromatic rings. The number of nitrogens with one attached hydrogen (secondary N) is 1. The van der Waals surface area contributed by atoms with Gasteiger partial charge in [-0.25, -0.2) is 0 Å². The van der Waals surface area contributed by atoms with Crippen molar-refractivity contribution in [2.75, 3.05) is 19.6 Å². The third kappa shape index (κ3) is 5.75. The van der Waals surface area contributed by atoms with Crippen LogP contribution in [0.25, 0.3) is 0 Å². The maximum Gasteiger partial charge on any atom is 0.0931 e. The molecule has 0 radical (unpaired) electrons. The molecule has 0 spiro atoms. The van der Waals surface area contributed by atoms with Gasteiger partial charge in [-0.15, -0.1) is 11.3 Å². The minimum atomic E-state index is 0.854. The van der Waals surface area contributed by atoms with Gasteiger partial charge in [0.05, 0.1) is 10.0 Å². The zero-order valence-electron chi connectivity index (χ0n) is 12.6. The monoisotopic (exact) mass is 323 g/mol. The minimum Gasteiger partial charge on any atom is -0.311 e. The van der Waals surface area contributed by atoms with Crippen LogP contribution in [0.1, 0.15) is 23.2 Å². The Morgan fingerprint density at radius 3 is 2.81 bits per heavy atom. The Bertz CT molecular complexity index is 556. The second-order valence-corrected chi connectivity index (χ2v) is 6.82. The van der Waals surface area contributed by atoms with Crippen LogP contribution in [0.2, 0.25) is 4.34 Å². The number of hydrogen-bond donors (Lipinski definition) is 1. The number of thiophene rings is 1. The molecule has 0 aliphatic heterocycles. The maximum atomic E-state index is 5.92. The number of pyridine rings is 1. The first-order chi connectivity index (χ1) is 10.2. The molecule has 0 bridgehead atoms. The van der Waals surface area contributed by atoms with Crippen LogP contribution in [0.4, 0.5) is 0 Å². The Morgan fingerprint density at radius 1 is 1.29 bits per heavy atom. The molecule has 2 heterocycles. The quantitative estimate of drug-likeness (QED) is 0.750. The molecule has 2 aromatic heterocycles. The lowest BCUT2D eigenvalue weighted by Crippen LogP contribution is -2.31. The molecule has 114 valence electrons. The Labute approximate surface area is 136 Å². The van der Waals surface area contributed by atoms with E-state index in [1.54, 1.807) is 11.3 Å². The van der Waals surface area contributed by atoms with E-state index in [-0.39, 0.29) is 0 Å². The fraction of sp³-hybridized carbons (Fsp3) is 0.438. The summed E-state index contributed by atoms with van der Waals surface area (Å²) in [4.78, 5) is 8.24. The number of hydrogen-bond acceptors (Lipinski definition) is 4. The summed E-state index contributed by atoms with van der Waals surface area (Å²) in [5, 5.41) is 3.47. The molecular weight excluding hydrogens is 302 g/mol. The second kappa shape index (κ2) is 8.49. The third-order valence-corrected chi connectivity index (χ3v) is 4.54. The average Bonchev–Trinajstić information content (AvgIpc) is 2.88. The van der Waals surface area contributed by atoms with Crippen molar-refractivity contribution >= 4 is 22.9 Å². The van der Waals surface area contributed by atoms with E-state index in [9.17, 15) is 0 Å². The first kappa shape index (κ1) is 16.4. The van der Waals surface area contributed by atoms with Gasteiger partial charge in [0.25, 0.3) is 0 Å². The Hall–Kier alpha value is -0.940. The Balaban J connectivity index is 1.72. The van der Waals surface area contributed by atoms with Crippen LogP contribution >= 0.6 is 22.9 Å². The highest BCUT2D eigenvalue weighted by Crippen LogP contribution is 2.20. The number of aromatic nitrogens is 1. The second-order valence-electron chi connectivity index (χ2n) is 5.02. The molecule has 3 nitrogen and oxygen atoms in total. The van der Waals surface area contributed by atoms with E-state index in [0.717, 1.165) is 48.4 Å². The smallest absolute Gasteiger partial charge is 0.0931 e. The van der Waals surface area contributed by atoms with E-state index in [2.05, 4.69) is 40.3 Å². The molecule has 0 aliphatic rings. The molecule has 0 aliphatic carbocycles. The van der Waals surface area contributed by atoms with Gasteiger partial charge in [-0.05, 0) is 37.7 Å². The summed E-state index contributed by atoms with van der Waals surface area (Å²) in [7, 11) is 0. The van der Waals surface area contributed by atoms with Crippen LogP contribution in [-0.4, -0.2) is 29.5 Å². The van der Waals surface area contributed by atoms with Crippen molar-refractivity contribution in [1.82, 2.24) is 15.2 Å². The lowest BCUT2D eigenvalue weighted by atomic mass is 10.3. The minimum absolute atomic E-state index is 0.854. The number of halogens is 1. The van der Waals surface area contributed by atoms with E-state index in [1.807, 2.05) is 19.1 Å². The molecule has 21 heavy (non-hydrogen) atoms. The lowest BCUT2D eigenvalue weighted by Gasteiger charge is -2.20. The summed E-state index contributed by atoms with van der Waals surface area (Å²) in [6, 6.07) is 10.2. The maximum absolute atomic E-state index is 5.92. The molecule has 1 N–H and O–H groups in total. The summed E-state index contributed by atoms with van der Waals surface area (Å²) < 4.78 is 0.854. The van der Waals surface area contributed by atoms with Crippen molar-refractivity contribution in [3.63, 3.8) is 0 Å². The van der Waals surface area contributed by atoms with Gasteiger partial charge in [0.15, 0.2) is 0 Å². The molecule has 0 unspecified atom stereocenters. The summed E-state index contributed by atoms with van der Waals surface area (Å²) in [5.74, 6) is 0. The standard InChI is InChI=1S/C16H22ClN3S/c1-3-20(12-14-6-4-5-13(2)19-14)10-9-18-11-15-7-8-16(17)21-15/h4-8,18H,3,9-12H2,1-2H3. The first-order valence-electron chi connectivity index (χ1n) is 7.27.